The molecule has 1 aliphatic rings. The van der Waals surface area contributed by atoms with Gasteiger partial charge < -0.3 is 9.64 Å². The molecule has 0 radical (unpaired) electrons. The second-order valence-corrected chi connectivity index (χ2v) is 7.66. The van der Waals surface area contributed by atoms with Crippen molar-refractivity contribution in [1.29, 1.82) is 0 Å². The first-order valence-corrected chi connectivity index (χ1v) is 9.25. The van der Waals surface area contributed by atoms with Crippen LogP contribution >= 0.6 is 0 Å². The van der Waals surface area contributed by atoms with Crippen molar-refractivity contribution in [3.05, 3.63) is 60.3 Å². The molecule has 0 spiro atoms. The Balaban J connectivity index is 1.57. The van der Waals surface area contributed by atoms with Gasteiger partial charge in [0.2, 0.25) is 0 Å². The second kappa shape index (κ2) is 7.20. The number of hydrogen-bond acceptors (Lipinski definition) is 4. The molecule has 2 aromatic heterocycles. The van der Waals surface area contributed by atoms with Gasteiger partial charge in [-0.2, -0.15) is 5.10 Å². The van der Waals surface area contributed by atoms with Gasteiger partial charge in [0.05, 0.1) is 25.4 Å². The van der Waals surface area contributed by atoms with E-state index in [0.717, 1.165) is 11.1 Å². The fraction of sp³-hybridized carbons (Fsp3) is 0.286. The normalized spacial score (nSPS) is 15.8. The molecule has 1 aliphatic heterocycles. The maximum atomic E-state index is 13.9. The highest BCUT2D eigenvalue weighted by Crippen LogP contribution is 2.32. The smallest absolute Gasteiger partial charge is 0.326 e. The minimum Gasteiger partial charge on any atom is -0.497 e. The van der Waals surface area contributed by atoms with Gasteiger partial charge in [0, 0.05) is 36.1 Å². The van der Waals surface area contributed by atoms with Crippen LogP contribution in [-0.4, -0.2) is 45.3 Å². The first kappa shape index (κ1) is 18.9. The van der Waals surface area contributed by atoms with Gasteiger partial charge in [-0.1, -0.05) is 0 Å². The molecule has 1 fully saturated rings. The van der Waals surface area contributed by atoms with Crippen molar-refractivity contribution < 1.29 is 13.9 Å². The number of hydrogen-bond donors (Lipinski definition) is 1. The van der Waals surface area contributed by atoms with Gasteiger partial charge in [0.1, 0.15) is 17.4 Å². The molecule has 7 nitrogen and oxygen atoms in total. The predicted molar refractivity (Wildman–Crippen MR) is 107 cm³/mol. The average molecular weight is 395 g/mol. The summed E-state index contributed by atoms with van der Waals surface area (Å²) in [4.78, 5) is 21.0. The molecule has 0 saturated carbocycles. The molecule has 8 heteroatoms. The van der Waals surface area contributed by atoms with E-state index in [1.807, 2.05) is 26.0 Å². The number of benzene rings is 1. The number of aromatic nitrogens is 3. The van der Waals surface area contributed by atoms with E-state index in [0.29, 0.717) is 23.7 Å². The molecule has 1 saturated heterocycles. The highest BCUT2D eigenvalue weighted by atomic mass is 19.1. The minimum atomic E-state index is -0.443. The van der Waals surface area contributed by atoms with Crippen molar-refractivity contribution in [2.75, 3.05) is 18.6 Å². The Hall–Kier alpha value is -3.42. The Kier molecular flexibility index (Phi) is 4.70. The Morgan fingerprint density at radius 2 is 2.03 bits per heavy atom. The summed E-state index contributed by atoms with van der Waals surface area (Å²) in [7, 11) is 1.49. The Morgan fingerprint density at radius 1 is 1.21 bits per heavy atom. The topological polar surface area (TPSA) is 74.3 Å². The quantitative estimate of drug-likeness (QED) is 0.712. The summed E-state index contributed by atoms with van der Waals surface area (Å²) in [6.45, 7) is 4.74. The number of ether oxygens (including phenoxy) is 1. The van der Waals surface area contributed by atoms with E-state index in [-0.39, 0.29) is 12.6 Å². The van der Waals surface area contributed by atoms with Crippen LogP contribution in [0.3, 0.4) is 0 Å². The fourth-order valence-corrected chi connectivity index (χ4v) is 3.54. The fourth-order valence-electron chi connectivity index (χ4n) is 3.54. The summed E-state index contributed by atoms with van der Waals surface area (Å²) in [6.07, 6.45) is 5.23. The van der Waals surface area contributed by atoms with Gasteiger partial charge in [-0.15, -0.1) is 0 Å². The highest BCUT2D eigenvalue weighted by Gasteiger charge is 2.44. The molecule has 1 N–H and O–H groups in total. The molecule has 0 bridgehead atoms. The van der Waals surface area contributed by atoms with Crippen LogP contribution in [0.15, 0.2) is 48.9 Å². The standard InChI is InChI=1S/C21H22FN5O2/c1-21(2)13-26(19-5-4-15(9-23-19)16-10-24-25-11-16)20(28)27(21)12-14-6-17(22)8-18(7-14)29-3/h4-11H,12-13H2,1-3H3,(H,24,25). The Morgan fingerprint density at radius 3 is 2.69 bits per heavy atom. The molecule has 0 atom stereocenters. The summed E-state index contributed by atoms with van der Waals surface area (Å²) in [5, 5.41) is 6.71. The first-order valence-electron chi connectivity index (χ1n) is 9.25. The predicted octanol–water partition coefficient (Wildman–Crippen LogP) is 3.84. The summed E-state index contributed by atoms with van der Waals surface area (Å²) in [6, 6.07) is 8.05. The number of carbonyl (C=O) groups excluding carboxylic acids is 1. The number of nitrogens with zero attached hydrogens (tertiary/aromatic N) is 4. The number of carbonyl (C=O) groups is 1. The summed E-state index contributed by atoms with van der Waals surface area (Å²) in [5.41, 5.74) is 2.07. The molecular weight excluding hydrogens is 373 g/mol. The number of urea groups is 1. The van der Waals surface area contributed by atoms with E-state index in [2.05, 4.69) is 15.2 Å². The van der Waals surface area contributed by atoms with Crippen molar-refractivity contribution in [2.24, 2.45) is 0 Å². The summed E-state index contributed by atoms with van der Waals surface area (Å²) >= 11 is 0. The lowest BCUT2D eigenvalue weighted by molar-refractivity contribution is 0.172. The molecule has 0 unspecified atom stereocenters. The third-order valence-electron chi connectivity index (χ3n) is 5.10. The van der Waals surface area contributed by atoms with Crippen molar-refractivity contribution in [1.82, 2.24) is 20.1 Å². The van der Waals surface area contributed by atoms with Gasteiger partial charge >= 0.3 is 6.03 Å². The number of anilines is 1. The number of aromatic amines is 1. The lowest BCUT2D eigenvalue weighted by atomic mass is 10.0. The zero-order chi connectivity index (χ0) is 20.6. The van der Waals surface area contributed by atoms with E-state index < -0.39 is 11.4 Å². The molecule has 29 heavy (non-hydrogen) atoms. The molecule has 150 valence electrons. The van der Waals surface area contributed by atoms with E-state index >= 15 is 0 Å². The van der Waals surface area contributed by atoms with Gasteiger partial charge in [0.25, 0.3) is 0 Å². The van der Waals surface area contributed by atoms with Crippen molar-refractivity contribution in [2.45, 2.75) is 25.9 Å². The number of rotatable bonds is 5. The molecule has 3 heterocycles. The monoisotopic (exact) mass is 395 g/mol. The third-order valence-corrected chi connectivity index (χ3v) is 5.10. The lowest BCUT2D eigenvalue weighted by Crippen LogP contribution is -2.41. The minimum absolute atomic E-state index is 0.165. The van der Waals surface area contributed by atoms with Crippen molar-refractivity contribution >= 4 is 11.8 Å². The number of methoxy groups -OCH3 is 1. The van der Waals surface area contributed by atoms with Crippen molar-refractivity contribution in [3.8, 4) is 16.9 Å². The Bertz CT molecular complexity index is 1020. The SMILES string of the molecule is COc1cc(F)cc(CN2C(=O)N(c3ccc(-c4cn[nH]c4)cn3)CC2(C)C)c1. The number of nitrogens with one attached hydrogen (secondary N) is 1. The largest absolute Gasteiger partial charge is 0.497 e. The number of amides is 2. The number of halogens is 1. The van der Waals surface area contributed by atoms with Gasteiger partial charge in [-0.25, -0.2) is 14.2 Å². The molecule has 1 aromatic carbocycles. The average Bonchev–Trinajstić information content (AvgIpc) is 3.31. The molecule has 3 aromatic rings. The third kappa shape index (κ3) is 3.65. The summed E-state index contributed by atoms with van der Waals surface area (Å²) < 4.78 is 19.0. The van der Waals surface area contributed by atoms with Crippen LogP contribution < -0.4 is 9.64 Å². The Labute approximate surface area is 168 Å². The van der Waals surface area contributed by atoms with Crippen molar-refractivity contribution in [3.63, 3.8) is 0 Å². The van der Waals surface area contributed by atoms with Gasteiger partial charge in [-0.05, 0) is 43.7 Å². The molecule has 0 aliphatic carbocycles. The highest BCUT2D eigenvalue weighted by molar-refractivity contribution is 5.94. The second-order valence-electron chi connectivity index (χ2n) is 7.66. The van der Waals surface area contributed by atoms with Crippen LogP contribution in [0.2, 0.25) is 0 Å². The van der Waals surface area contributed by atoms with E-state index in [1.165, 1.54) is 19.2 Å². The number of pyridine rings is 1. The van der Waals surface area contributed by atoms with Crippen LogP contribution in [0.1, 0.15) is 19.4 Å². The molecule has 4 rings (SSSR count). The first-order chi connectivity index (χ1) is 13.9. The zero-order valence-electron chi connectivity index (χ0n) is 16.5. The van der Waals surface area contributed by atoms with Gasteiger partial charge in [-0.3, -0.25) is 10.00 Å². The zero-order valence-corrected chi connectivity index (χ0v) is 16.5. The molecular formula is C21H22FN5O2. The van der Waals surface area contributed by atoms with E-state index in [1.54, 1.807) is 34.5 Å². The van der Waals surface area contributed by atoms with Crippen LogP contribution in [-0.2, 0) is 6.54 Å². The van der Waals surface area contributed by atoms with Crippen LogP contribution in [0.5, 0.6) is 5.75 Å². The maximum absolute atomic E-state index is 13.9. The lowest BCUT2D eigenvalue weighted by Gasteiger charge is -2.29. The van der Waals surface area contributed by atoms with E-state index in [9.17, 15) is 9.18 Å². The number of H-pyrrole nitrogens is 1. The van der Waals surface area contributed by atoms with Crippen LogP contribution in [0.4, 0.5) is 15.0 Å². The van der Waals surface area contributed by atoms with Crippen LogP contribution in [0.25, 0.3) is 11.1 Å². The van der Waals surface area contributed by atoms with E-state index in [4.69, 9.17) is 4.74 Å². The summed E-state index contributed by atoms with van der Waals surface area (Å²) in [5.74, 6) is 0.615. The maximum Gasteiger partial charge on any atom is 0.326 e. The van der Waals surface area contributed by atoms with Gasteiger partial charge in [0.15, 0.2) is 0 Å². The molecule has 2 amide bonds. The van der Waals surface area contributed by atoms with Crippen LogP contribution in [0, 0.1) is 5.82 Å².